The van der Waals surface area contributed by atoms with Crippen LogP contribution in [-0.4, -0.2) is 83.0 Å². The number of aromatic carboxylic acids is 1. The smallest absolute Gasteiger partial charge is 0.354 e. The minimum absolute atomic E-state index is 0.0110. The number of anilines is 2. The fraction of sp³-hybridized carbons (Fsp3) is 0.286. The number of carboxylic acid groups (broad SMARTS) is 1. The molecule has 1 saturated heterocycles. The third kappa shape index (κ3) is 4.58. The van der Waals surface area contributed by atoms with Gasteiger partial charge in [0.25, 0.3) is 0 Å². The van der Waals surface area contributed by atoms with Crippen LogP contribution >= 0.6 is 11.6 Å². The van der Waals surface area contributed by atoms with Gasteiger partial charge < -0.3 is 24.8 Å². The molecule has 1 aliphatic rings. The van der Waals surface area contributed by atoms with Crippen LogP contribution < -0.4 is 10.6 Å². The summed E-state index contributed by atoms with van der Waals surface area (Å²) in [5, 5.41) is 19.7. The molecule has 220 valence electrons. The summed E-state index contributed by atoms with van der Waals surface area (Å²) < 4.78 is 23.1. The molecule has 15 heteroatoms. The van der Waals surface area contributed by atoms with Gasteiger partial charge in [0.1, 0.15) is 22.9 Å². The maximum absolute atomic E-state index is 15.0. The van der Waals surface area contributed by atoms with Gasteiger partial charge in [0.05, 0.1) is 21.8 Å². The van der Waals surface area contributed by atoms with Gasteiger partial charge in [-0.15, -0.1) is 5.10 Å². The number of nitrogens with two attached hydrogens (primary N) is 1. The van der Waals surface area contributed by atoms with Gasteiger partial charge in [-0.3, -0.25) is 9.88 Å². The number of nitrogens with zero attached hydrogens (tertiary/aromatic N) is 9. The van der Waals surface area contributed by atoms with E-state index in [9.17, 15) is 14.3 Å². The summed E-state index contributed by atoms with van der Waals surface area (Å²) in [4.78, 5) is 30.0. The molecule has 3 N–H and O–H groups in total. The minimum Gasteiger partial charge on any atom is -0.477 e. The Hall–Kier alpha value is -4.82. The van der Waals surface area contributed by atoms with Gasteiger partial charge in [-0.25, -0.2) is 14.2 Å². The van der Waals surface area contributed by atoms with Crippen molar-refractivity contribution in [3.63, 3.8) is 0 Å². The Morgan fingerprint density at radius 3 is 2.79 bits per heavy atom. The van der Waals surface area contributed by atoms with E-state index in [1.165, 1.54) is 10.6 Å². The lowest BCUT2D eigenvalue weighted by Gasteiger charge is -2.24. The first-order valence-electron chi connectivity index (χ1n) is 13.7. The minimum atomic E-state index is -1.19. The normalized spacial score (nSPS) is 14.7. The monoisotopic (exact) mass is 604 g/mol. The largest absolute Gasteiger partial charge is 0.477 e. The number of pyridine rings is 1. The van der Waals surface area contributed by atoms with Crippen LogP contribution in [0.4, 0.5) is 16.0 Å². The van der Waals surface area contributed by atoms with E-state index in [0.717, 1.165) is 18.4 Å². The Balaban J connectivity index is 1.17. The number of aromatic nitrogens is 7. The average molecular weight is 605 g/mol. The number of carboxylic acids is 1. The number of halogens is 2. The lowest BCUT2D eigenvalue weighted by molar-refractivity contribution is 0.0685. The fourth-order valence-corrected chi connectivity index (χ4v) is 6.05. The molecule has 1 aliphatic heterocycles. The SMILES string of the molecule is Cc1noc2cc(F)c(N3CCCN(CCn4c(C(=O)O)c(Cl)c5c4nc(N)n4nc(-c6ccccn6)nc54)CC3)cc12. The third-order valence-corrected chi connectivity index (χ3v) is 8.20. The standard InChI is InChI=1S/C28H26ClFN10O3/c1-15-16-13-19(17(30)14-20(16)43-36-15)38-8-4-7-37(9-11-38)10-12-39-23(27(41)42)22(29)21-25(39)34-28(31)40-26(21)33-24(35-40)18-5-2-3-6-32-18/h2-3,5-6,13-14H,4,7-12H2,1H3,(H2,31,34)(H,41,42). The number of hydrogen-bond acceptors (Lipinski definition) is 10. The van der Waals surface area contributed by atoms with Crippen LogP contribution in [0.25, 0.3) is 39.2 Å². The van der Waals surface area contributed by atoms with E-state index < -0.39 is 5.97 Å². The van der Waals surface area contributed by atoms with Gasteiger partial charge in [-0.1, -0.05) is 22.8 Å². The topological polar surface area (TPSA) is 157 Å². The molecule has 5 aromatic heterocycles. The Morgan fingerprint density at radius 2 is 2.00 bits per heavy atom. The summed E-state index contributed by atoms with van der Waals surface area (Å²) in [6.07, 6.45) is 2.42. The van der Waals surface area contributed by atoms with E-state index in [1.54, 1.807) is 29.0 Å². The first-order valence-corrected chi connectivity index (χ1v) is 14.1. The fourth-order valence-electron chi connectivity index (χ4n) is 5.70. The number of rotatable bonds is 6. The van der Waals surface area contributed by atoms with E-state index in [4.69, 9.17) is 21.9 Å². The quantitative estimate of drug-likeness (QED) is 0.284. The summed E-state index contributed by atoms with van der Waals surface area (Å²) in [6, 6.07) is 8.52. The second-order valence-corrected chi connectivity index (χ2v) is 10.8. The molecule has 7 rings (SSSR count). The Bertz CT molecular complexity index is 2020. The maximum Gasteiger partial charge on any atom is 0.354 e. The molecular weight excluding hydrogens is 579 g/mol. The van der Waals surface area contributed by atoms with Crippen LogP contribution in [0.2, 0.25) is 5.02 Å². The summed E-state index contributed by atoms with van der Waals surface area (Å²) in [7, 11) is 0. The second kappa shape index (κ2) is 10.5. The summed E-state index contributed by atoms with van der Waals surface area (Å²) in [5.74, 6) is -1.20. The van der Waals surface area contributed by atoms with Crippen molar-refractivity contribution in [2.45, 2.75) is 19.9 Å². The zero-order chi connectivity index (χ0) is 29.8. The first kappa shape index (κ1) is 27.0. The number of fused-ring (bicyclic) bond motifs is 4. The molecule has 0 saturated carbocycles. The second-order valence-electron chi connectivity index (χ2n) is 10.4. The van der Waals surface area contributed by atoms with Crippen LogP contribution in [0, 0.1) is 12.7 Å². The van der Waals surface area contributed by atoms with E-state index in [-0.39, 0.29) is 29.0 Å². The van der Waals surface area contributed by atoms with E-state index in [2.05, 4.69) is 30.1 Å². The molecule has 0 radical (unpaired) electrons. The predicted octanol–water partition coefficient (Wildman–Crippen LogP) is 3.88. The van der Waals surface area contributed by atoms with Crippen LogP contribution in [0.1, 0.15) is 22.6 Å². The van der Waals surface area contributed by atoms with Crippen LogP contribution in [0.15, 0.2) is 41.1 Å². The molecule has 6 aromatic rings. The van der Waals surface area contributed by atoms with E-state index in [0.29, 0.717) is 71.3 Å². The first-order chi connectivity index (χ1) is 20.8. The molecule has 13 nitrogen and oxygen atoms in total. The van der Waals surface area contributed by atoms with Crippen molar-refractivity contribution in [1.82, 2.24) is 39.2 Å². The van der Waals surface area contributed by atoms with Crippen LogP contribution in [0.5, 0.6) is 0 Å². The average Bonchev–Trinajstić information content (AvgIpc) is 3.61. The van der Waals surface area contributed by atoms with Gasteiger partial charge in [-0.05, 0) is 38.1 Å². The Labute approximate surface area is 248 Å². The van der Waals surface area contributed by atoms with Gasteiger partial charge in [-0.2, -0.15) is 9.50 Å². The number of carbonyl (C=O) groups is 1. The highest BCUT2D eigenvalue weighted by Gasteiger charge is 2.28. The number of nitrogen functional groups attached to an aromatic ring is 1. The van der Waals surface area contributed by atoms with Crippen molar-refractivity contribution in [1.29, 1.82) is 0 Å². The highest BCUT2D eigenvalue weighted by molar-refractivity contribution is 6.39. The van der Waals surface area contributed by atoms with Gasteiger partial charge >= 0.3 is 5.97 Å². The summed E-state index contributed by atoms with van der Waals surface area (Å²) >= 11 is 6.69. The predicted molar refractivity (Wildman–Crippen MR) is 158 cm³/mol. The molecule has 0 amide bonds. The Kier molecular flexibility index (Phi) is 6.58. The molecule has 0 unspecified atom stereocenters. The molecule has 0 aliphatic carbocycles. The van der Waals surface area contributed by atoms with Crippen molar-refractivity contribution in [2.75, 3.05) is 43.4 Å². The molecule has 6 heterocycles. The van der Waals surface area contributed by atoms with Crippen LogP contribution in [0.3, 0.4) is 0 Å². The highest BCUT2D eigenvalue weighted by atomic mass is 35.5. The number of hydrogen-bond donors (Lipinski definition) is 2. The number of aryl methyl sites for hydroxylation is 1. The molecule has 1 aromatic carbocycles. The summed E-state index contributed by atoms with van der Waals surface area (Å²) in [5.41, 5.74) is 8.94. The molecule has 0 spiro atoms. The van der Waals surface area contributed by atoms with Gasteiger partial charge in [0, 0.05) is 50.4 Å². The molecule has 0 bridgehead atoms. The Morgan fingerprint density at radius 1 is 1.14 bits per heavy atom. The van der Waals surface area contributed by atoms with E-state index in [1.807, 2.05) is 17.9 Å². The van der Waals surface area contributed by atoms with Crippen molar-refractivity contribution < 1.29 is 18.8 Å². The van der Waals surface area contributed by atoms with Gasteiger partial charge in [0.2, 0.25) is 11.8 Å². The third-order valence-electron chi connectivity index (χ3n) is 7.83. The van der Waals surface area contributed by atoms with Crippen molar-refractivity contribution in [3.05, 3.63) is 58.8 Å². The van der Waals surface area contributed by atoms with Gasteiger partial charge in [0.15, 0.2) is 11.2 Å². The molecule has 1 fully saturated rings. The lowest BCUT2D eigenvalue weighted by atomic mass is 10.1. The lowest BCUT2D eigenvalue weighted by Crippen LogP contribution is -2.33. The maximum atomic E-state index is 15.0. The van der Waals surface area contributed by atoms with Crippen molar-refractivity contribution in [2.24, 2.45) is 0 Å². The van der Waals surface area contributed by atoms with Crippen LogP contribution in [-0.2, 0) is 6.54 Å². The zero-order valence-electron chi connectivity index (χ0n) is 23.0. The zero-order valence-corrected chi connectivity index (χ0v) is 23.8. The number of benzene rings is 1. The van der Waals surface area contributed by atoms with Crippen molar-refractivity contribution in [3.8, 4) is 11.5 Å². The van der Waals surface area contributed by atoms with Crippen molar-refractivity contribution >= 4 is 56.9 Å². The summed E-state index contributed by atoms with van der Waals surface area (Å²) in [6.45, 7) is 5.29. The van der Waals surface area contributed by atoms with E-state index >= 15 is 0 Å². The highest BCUT2D eigenvalue weighted by Crippen LogP contribution is 2.34. The molecular formula is C28H26ClFN10O3. The molecule has 0 atom stereocenters. The molecule has 43 heavy (non-hydrogen) atoms.